The van der Waals surface area contributed by atoms with Gasteiger partial charge in [-0.15, -0.1) is 0 Å². The fraction of sp³-hybridized carbons (Fsp3) is 0.167. The van der Waals surface area contributed by atoms with Crippen LogP contribution in [-0.2, 0) is 4.74 Å². The Hall–Kier alpha value is -2.75. The third-order valence-electron chi connectivity index (χ3n) is 3.56. The molecule has 0 radical (unpaired) electrons. The molecule has 4 heteroatoms. The number of nitrogens with one attached hydrogen (secondary N) is 1. The van der Waals surface area contributed by atoms with Crippen molar-refractivity contribution in [1.82, 2.24) is 4.98 Å². The lowest BCUT2D eigenvalue weighted by Gasteiger charge is -2.04. The van der Waals surface area contributed by atoms with E-state index in [1.54, 1.807) is 20.1 Å². The molecule has 0 saturated heterocycles. The molecule has 0 atom stereocenters. The number of ether oxygens (including phenoxy) is 2. The molecule has 1 N–H and O–H groups in total. The van der Waals surface area contributed by atoms with Crippen molar-refractivity contribution in [2.45, 2.75) is 6.92 Å². The van der Waals surface area contributed by atoms with E-state index in [0.717, 1.165) is 27.6 Å². The van der Waals surface area contributed by atoms with Gasteiger partial charge in [0.1, 0.15) is 11.4 Å². The number of methoxy groups -OCH3 is 1. The maximum atomic E-state index is 11.7. The van der Waals surface area contributed by atoms with Gasteiger partial charge in [0.15, 0.2) is 0 Å². The molecule has 0 spiro atoms. The van der Waals surface area contributed by atoms with Crippen molar-refractivity contribution in [2.75, 3.05) is 13.7 Å². The van der Waals surface area contributed by atoms with Crippen molar-refractivity contribution in [3.8, 4) is 16.9 Å². The number of benzene rings is 2. The van der Waals surface area contributed by atoms with Crippen LogP contribution in [0, 0.1) is 0 Å². The normalized spacial score (nSPS) is 10.6. The third kappa shape index (κ3) is 2.68. The highest BCUT2D eigenvalue weighted by Crippen LogP contribution is 2.27. The first-order chi connectivity index (χ1) is 10.7. The molecule has 4 nitrogen and oxygen atoms in total. The molecule has 112 valence electrons. The Morgan fingerprint density at radius 3 is 2.64 bits per heavy atom. The van der Waals surface area contributed by atoms with Gasteiger partial charge in [-0.1, -0.05) is 18.2 Å². The lowest BCUT2D eigenvalue weighted by Crippen LogP contribution is -2.04. The van der Waals surface area contributed by atoms with Crippen molar-refractivity contribution >= 4 is 16.7 Å². The summed E-state index contributed by atoms with van der Waals surface area (Å²) >= 11 is 0. The SMILES string of the molecule is CCOC(=O)c1cc(-c2ccc3ccc(OC)cc3c2)c[nH]1. The first kappa shape index (κ1) is 14.2. The third-order valence-corrected chi connectivity index (χ3v) is 3.56. The summed E-state index contributed by atoms with van der Waals surface area (Å²) < 4.78 is 10.3. The van der Waals surface area contributed by atoms with Crippen LogP contribution in [-0.4, -0.2) is 24.7 Å². The van der Waals surface area contributed by atoms with Gasteiger partial charge in [-0.3, -0.25) is 0 Å². The van der Waals surface area contributed by atoms with Crippen LogP contribution in [0.4, 0.5) is 0 Å². The van der Waals surface area contributed by atoms with Gasteiger partial charge in [0, 0.05) is 11.8 Å². The summed E-state index contributed by atoms with van der Waals surface area (Å²) in [7, 11) is 1.66. The number of H-pyrrole nitrogens is 1. The summed E-state index contributed by atoms with van der Waals surface area (Å²) in [6.07, 6.45) is 1.81. The molecule has 1 aromatic heterocycles. The van der Waals surface area contributed by atoms with E-state index in [2.05, 4.69) is 17.1 Å². The first-order valence-corrected chi connectivity index (χ1v) is 7.15. The van der Waals surface area contributed by atoms with Gasteiger partial charge in [0.2, 0.25) is 0 Å². The monoisotopic (exact) mass is 295 g/mol. The second-order valence-electron chi connectivity index (χ2n) is 4.95. The molecule has 0 bridgehead atoms. The lowest BCUT2D eigenvalue weighted by atomic mass is 10.0. The summed E-state index contributed by atoms with van der Waals surface area (Å²) in [6, 6.07) is 13.9. The topological polar surface area (TPSA) is 51.3 Å². The Bertz CT molecular complexity index is 820. The molecule has 0 fully saturated rings. The predicted molar refractivity (Wildman–Crippen MR) is 86.2 cm³/mol. The van der Waals surface area contributed by atoms with Crippen LogP contribution in [0.5, 0.6) is 5.75 Å². The minimum absolute atomic E-state index is 0.337. The van der Waals surface area contributed by atoms with Gasteiger partial charge in [-0.2, -0.15) is 0 Å². The minimum Gasteiger partial charge on any atom is -0.497 e. The Labute approximate surface area is 128 Å². The van der Waals surface area contributed by atoms with Crippen LogP contribution in [0.25, 0.3) is 21.9 Å². The quantitative estimate of drug-likeness (QED) is 0.740. The number of esters is 1. The number of rotatable bonds is 4. The number of aromatic nitrogens is 1. The van der Waals surface area contributed by atoms with E-state index in [-0.39, 0.29) is 5.97 Å². The molecule has 0 amide bonds. The van der Waals surface area contributed by atoms with Crippen molar-refractivity contribution < 1.29 is 14.3 Å². The largest absolute Gasteiger partial charge is 0.497 e. The van der Waals surface area contributed by atoms with Gasteiger partial charge < -0.3 is 14.5 Å². The summed E-state index contributed by atoms with van der Waals surface area (Å²) in [6.45, 7) is 2.15. The molecule has 0 aliphatic carbocycles. The second-order valence-corrected chi connectivity index (χ2v) is 4.95. The summed E-state index contributed by atoms with van der Waals surface area (Å²) in [5.74, 6) is 0.488. The minimum atomic E-state index is -0.337. The summed E-state index contributed by atoms with van der Waals surface area (Å²) in [5.41, 5.74) is 2.45. The zero-order valence-electron chi connectivity index (χ0n) is 12.6. The smallest absolute Gasteiger partial charge is 0.354 e. The van der Waals surface area contributed by atoms with Crippen molar-refractivity contribution in [3.63, 3.8) is 0 Å². The Kier molecular flexibility index (Phi) is 3.83. The highest BCUT2D eigenvalue weighted by Gasteiger charge is 2.10. The number of hydrogen-bond donors (Lipinski definition) is 1. The molecule has 1 heterocycles. The Morgan fingerprint density at radius 2 is 1.86 bits per heavy atom. The molecule has 2 aromatic carbocycles. The average Bonchev–Trinajstić information content (AvgIpc) is 3.04. The van der Waals surface area contributed by atoms with Gasteiger partial charge in [0.25, 0.3) is 0 Å². The zero-order valence-corrected chi connectivity index (χ0v) is 12.6. The Balaban J connectivity index is 1.97. The van der Waals surface area contributed by atoms with Gasteiger partial charge in [0.05, 0.1) is 13.7 Å². The molecule has 0 saturated carbocycles. The van der Waals surface area contributed by atoms with E-state index in [1.165, 1.54) is 0 Å². The standard InChI is InChI=1S/C18H17NO3/c1-3-22-18(20)17-10-15(11-19-17)13-5-4-12-6-7-16(21-2)9-14(12)8-13/h4-11,19H,3H2,1-2H3. The van der Waals surface area contributed by atoms with E-state index in [9.17, 15) is 4.79 Å². The first-order valence-electron chi connectivity index (χ1n) is 7.15. The molecular weight excluding hydrogens is 278 g/mol. The Morgan fingerprint density at radius 1 is 1.05 bits per heavy atom. The molecule has 3 rings (SSSR count). The molecule has 0 unspecified atom stereocenters. The molecule has 0 aliphatic rings. The van der Waals surface area contributed by atoms with Crippen molar-refractivity contribution in [1.29, 1.82) is 0 Å². The second kappa shape index (κ2) is 5.93. The van der Waals surface area contributed by atoms with E-state index in [4.69, 9.17) is 9.47 Å². The van der Waals surface area contributed by atoms with Crippen molar-refractivity contribution in [3.05, 3.63) is 54.4 Å². The summed E-state index contributed by atoms with van der Waals surface area (Å²) in [5, 5.41) is 2.24. The van der Waals surface area contributed by atoms with E-state index < -0.39 is 0 Å². The van der Waals surface area contributed by atoms with Crippen LogP contribution in [0.3, 0.4) is 0 Å². The van der Waals surface area contributed by atoms with E-state index >= 15 is 0 Å². The number of fused-ring (bicyclic) bond motifs is 1. The zero-order chi connectivity index (χ0) is 15.5. The number of hydrogen-bond acceptors (Lipinski definition) is 3. The van der Waals surface area contributed by atoms with Gasteiger partial charge >= 0.3 is 5.97 Å². The molecule has 3 aromatic rings. The number of carbonyl (C=O) groups excluding carboxylic acids is 1. The average molecular weight is 295 g/mol. The highest BCUT2D eigenvalue weighted by atomic mass is 16.5. The maximum Gasteiger partial charge on any atom is 0.354 e. The molecular formula is C18H17NO3. The van der Waals surface area contributed by atoms with E-state index in [1.807, 2.05) is 30.5 Å². The van der Waals surface area contributed by atoms with Crippen LogP contribution in [0.15, 0.2) is 48.7 Å². The van der Waals surface area contributed by atoms with Crippen LogP contribution in [0.1, 0.15) is 17.4 Å². The fourth-order valence-corrected chi connectivity index (χ4v) is 2.42. The van der Waals surface area contributed by atoms with E-state index in [0.29, 0.717) is 12.3 Å². The van der Waals surface area contributed by atoms with Gasteiger partial charge in [-0.05, 0) is 47.5 Å². The van der Waals surface area contributed by atoms with Crippen LogP contribution < -0.4 is 4.74 Å². The van der Waals surface area contributed by atoms with Crippen molar-refractivity contribution in [2.24, 2.45) is 0 Å². The van der Waals surface area contributed by atoms with Gasteiger partial charge in [-0.25, -0.2) is 4.79 Å². The highest BCUT2D eigenvalue weighted by molar-refractivity contribution is 5.91. The number of carbonyl (C=O) groups is 1. The number of aromatic amines is 1. The van der Waals surface area contributed by atoms with Crippen LogP contribution in [0.2, 0.25) is 0 Å². The molecule has 22 heavy (non-hydrogen) atoms. The lowest BCUT2D eigenvalue weighted by molar-refractivity contribution is 0.0520. The summed E-state index contributed by atoms with van der Waals surface area (Å²) in [4.78, 5) is 14.7. The van der Waals surface area contributed by atoms with Crippen LogP contribution >= 0.6 is 0 Å². The molecule has 0 aliphatic heterocycles. The predicted octanol–water partition coefficient (Wildman–Crippen LogP) is 4.02. The fourth-order valence-electron chi connectivity index (χ4n) is 2.42. The maximum absolute atomic E-state index is 11.7.